The molecule has 0 saturated carbocycles. The van der Waals surface area contributed by atoms with Crippen molar-refractivity contribution in [2.24, 2.45) is 0 Å². The average Bonchev–Trinajstić information content (AvgIpc) is 2.84. The van der Waals surface area contributed by atoms with Gasteiger partial charge >= 0.3 is 0 Å². The first-order valence-electron chi connectivity index (χ1n) is 10.3. The molecule has 5 aromatic rings. The zero-order chi connectivity index (χ0) is 20.3. The minimum atomic E-state index is 1.17. The van der Waals surface area contributed by atoms with Crippen LogP contribution in [0.15, 0.2) is 121 Å². The van der Waals surface area contributed by atoms with E-state index in [0.29, 0.717) is 0 Å². The summed E-state index contributed by atoms with van der Waals surface area (Å²) in [4.78, 5) is 2.27. The van der Waals surface area contributed by atoms with Crippen LogP contribution in [0, 0.1) is 0 Å². The second-order valence-corrected chi connectivity index (χ2v) is 7.52. The van der Waals surface area contributed by atoms with Gasteiger partial charge < -0.3 is 4.90 Å². The molecule has 0 aromatic heterocycles. The topological polar surface area (TPSA) is 3.24 Å². The molecule has 0 saturated heterocycles. The Labute approximate surface area is 177 Å². The van der Waals surface area contributed by atoms with Crippen LogP contribution in [0.25, 0.3) is 33.0 Å². The van der Waals surface area contributed by atoms with Gasteiger partial charge in [0.15, 0.2) is 0 Å². The summed E-state index contributed by atoms with van der Waals surface area (Å²) in [6.45, 7) is 0. The van der Waals surface area contributed by atoms with Crippen LogP contribution in [-0.4, -0.2) is 7.05 Å². The molecule has 5 rings (SSSR count). The third-order valence-electron chi connectivity index (χ3n) is 5.68. The largest absolute Gasteiger partial charge is 0.344 e. The van der Waals surface area contributed by atoms with Gasteiger partial charge in [0.2, 0.25) is 0 Å². The number of benzene rings is 5. The normalized spacial score (nSPS) is 10.8. The summed E-state index contributed by atoms with van der Waals surface area (Å²) in [5.41, 5.74) is 7.32. The fourth-order valence-corrected chi connectivity index (χ4v) is 4.13. The van der Waals surface area contributed by atoms with Crippen LogP contribution >= 0.6 is 0 Å². The molecule has 0 N–H and O–H groups in total. The number of nitrogens with zero attached hydrogens (tertiary/aromatic N) is 1. The third kappa shape index (κ3) is 3.35. The maximum atomic E-state index is 2.28. The van der Waals surface area contributed by atoms with Crippen LogP contribution in [0.4, 0.5) is 11.4 Å². The van der Waals surface area contributed by atoms with Gasteiger partial charge in [-0.3, -0.25) is 0 Å². The van der Waals surface area contributed by atoms with Gasteiger partial charge in [-0.05, 0) is 45.7 Å². The van der Waals surface area contributed by atoms with Crippen molar-refractivity contribution >= 4 is 22.1 Å². The summed E-state index contributed by atoms with van der Waals surface area (Å²) < 4.78 is 0. The Bertz CT molecular complexity index is 1300. The lowest BCUT2D eigenvalue weighted by atomic mass is 9.97. The van der Waals surface area contributed by atoms with Gasteiger partial charge in [-0.1, -0.05) is 103 Å². The van der Waals surface area contributed by atoms with Crippen LogP contribution in [-0.2, 0) is 0 Å². The van der Waals surface area contributed by atoms with Crippen LogP contribution in [0.2, 0.25) is 0 Å². The molecule has 0 aliphatic carbocycles. The van der Waals surface area contributed by atoms with Gasteiger partial charge in [-0.15, -0.1) is 0 Å². The van der Waals surface area contributed by atoms with Crippen molar-refractivity contribution in [1.29, 1.82) is 0 Å². The molecule has 0 unspecified atom stereocenters. The van der Waals surface area contributed by atoms with Crippen molar-refractivity contribution in [2.45, 2.75) is 0 Å². The lowest BCUT2D eigenvalue weighted by Crippen LogP contribution is -2.10. The summed E-state index contributed by atoms with van der Waals surface area (Å²) in [6.07, 6.45) is 0. The van der Waals surface area contributed by atoms with Gasteiger partial charge in [0.1, 0.15) is 0 Å². The first kappa shape index (κ1) is 18.2. The molecule has 0 aliphatic heterocycles. The Kier molecular flexibility index (Phi) is 4.78. The van der Waals surface area contributed by atoms with Crippen molar-refractivity contribution in [3.63, 3.8) is 0 Å². The Morgan fingerprint density at radius 1 is 0.500 bits per heavy atom. The number of anilines is 2. The van der Waals surface area contributed by atoms with Gasteiger partial charge in [-0.2, -0.15) is 0 Å². The van der Waals surface area contributed by atoms with Gasteiger partial charge in [0.05, 0.1) is 0 Å². The summed E-state index contributed by atoms with van der Waals surface area (Å²) >= 11 is 0. The first-order valence-corrected chi connectivity index (χ1v) is 10.3. The van der Waals surface area contributed by atoms with Crippen molar-refractivity contribution < 1.29 is 0 Å². The van der Waals surface area contributed by atoms with E-state index in [2.05, 4.69) is 133 Å². The second-order valence-electron chi connectivity index (χ2n) is 7.52. The molecule has 0 atom stereocenters. The molecule has 144 valence electrons. The van der Waals surface area contributed by atoms with Crippen LogP contribution in [0.5, 0.6) is 0 Å². The van der Waals surface area contributed by atoms with E-state index in [4.69, 9.17) is 0 Å². The fraction of sp³-hybridized carbons (Fsp3) is 0.0345. The zero-order valence-electron chi connectivity index (χ0n) is 17.0. The van der Waals surface area contributed by atoms with Crippen molar-refractivity contribution in [3.8, 4) is 22.3 Å². The number of hydrogen-bond donors (Lipinski definition) is 0. The second kappa shape index (κ2) is 7.88. The van der Waals surface area contributed by atoms with E-state index in [1.54, 1.807) is 0 Å². The lowest BCUT2D eigenvalue weighted by Gasteiger charge is -2.23. The van der Waals surface area contributed by atoms with Crippen LogP contribution in [0.1, 0.15) is 0 Å². The third-order valence-corrected chi connectivity index (χ3v) is 5.68. The molecule has 1 heteroatoms. The summed E-state index contributed by atoms with van der Waals surface area (Å²) in [5.74, 6) is 0. The number of para-hydroxylation sites is 1. The van der Waals surface area contributed by atoms with Crippen molar-refractivity contribution in [1.82, 2.24) is 0 Å². The molecule has 0 radical (unpaired) electrons. The molecule has 30 heavy (non-hydrogen) atoms. The zero-order valence-corrected chi connectivity index (χ0v) is 17.0. The van der Waals surface area contributed by atoms with Gasteiger partial charge in [0.25, 0.3) is 0 Å². The van der Waals surface area contributed by atoms with Gasteiger partial charge in [0, 0.05) is 24.0 Å². The Hall–Kier alpha value is -3.84. The summed E-state index contributed by atoms with van der Waals surface area (Å²) in [6, 6.07) is 43.1. The van der Waals surface area contributed by atoms with E-state index >= 15 is 0 Å². The predicted octanol–water partition coefficient (Wildman–Crippen LogP) is 7.94. The molecular formula is C29H23N. The monoisotopic (exact) mass is 385 g/mol. The first-order chi connectivity index (χ1) is 14.8. The molecular weight excluding hydrogens is 362 g/mol. The molecule has 1 nitrogen and oxygen atoms in total. The molecule has 0 amide bonds. The SMILES string of the molecule is CN(c1cccc(-c2cccc3ccccc23)c1)c1ccccc1-c1ccccc1. The van der Waals surface area contributed by atoms with Crippen molar-refractivity contribution in [2.75, 3.05) is 11.9 Å². The van der Waals surface area contributed by atoms with E-state index in [1.165, 1.54) is 44.4 Å². The predicted molar refractivity (Wildman–Crippen MR) is 129 cm³/mol. The smallest absolute Gasteiger partial charge is 0.0487 e. The highest BCUT2D eigenvalue weighted by Crippen LogP contribution is 2.36. The number of rotatable bonds is 4. The highest BCUT2D eigenvalue weighted by molar-refractivity contribution is 5.97. The number of hydrogen-bond acceptors (Lipinski definition) is 1. The standard InChI is InChI=1S/C29H23N/c1-30(29-20-8-7-18-28(29)23-11-3-2-4-12-23)25-16-9-15-24(21-25)27-19-10-14-22-13-5-6-17-26(22)27/h2-21H,1H3. The molecule has 0 heterocycles. The highest BCUT2D eigenvalue weighted by atomic mass is 15.1. The minimum absolute atomic E-state index is 1.17. The number of fused-ring (bicyclic) bond motifs is 1. The van der Waals surface area contributed by atoms with Crippen molar-refractivity contribution in [3.05, 3.63) is 121 Å². The molecule has 0 bridgehead atoms. The maximum Gasteiger partial charge on any atom is 0.0487 e. The maximum absolute atomic E-state index is 2.28. The highest BCUT2D eigenvalue weighted by Gasteiger charge is 2.12. The average molecular weight is 386 g/mol. The molecule has 0 fully saturated rings. The Morgan fingerprint density at radius 2 is 1.13 bits per heavy atom. The molecule has 0 aliphatic rings. The molecule has 5 aromatic carbocycles. The van der Waals surface area contributed by atoms with Crippen LogP contribution < -0.4 is 4.90 Å². The fourth-order valence-electron chi connectivity index (χ4n) is 4.13. The van der Waals surface area contributed by atoms with E-state index in [1.807, 2.05) is 0 Å². The Balaban J connectivity index is 1.59. The minimum Gasteiger partial charge on any atom is -0.344 e. The Morgan fingerprint density at radius 3 is 2.03 bits per heavy atom. The molecule has 0 spiro atoms. The lowest BCUT2D eigenvalue weighted by molar-refractivity contribution is 1.21. The summed E-state index contributed by atoms with van der Waals surface area (Å²) in [5, 5.41) is 2.55. The van der Waals surface area contributed by atoms with Crippen LogP contribution in [0.3, 0.4) is 0 Å². The van der Waals surface area contributed by atoms with E-state index in [9.17, 15) is 0 Å². The van der Waals surface area contributed by atoms with Gasteiger partial charge in [-0.25, -0.2) is 0 Å². The van der Waals surface area contributed by atoms with E-state index in [-0.39, 0.29) is 0 Å². The summed E-state index contributed by atoms with van der Waals surface area (Å²) in [7, 11) is 2.14. The van der Waals surface area contributed by atoms with E-state index in [0.717, 1.165) is 0 Å². The van der Waals surface area contributed by atoms with E-state index < -0.39 is 0 Å². The quantitative estimate of drug-likeness (QED) is 0.303.